The summed E-state index contributed by atoms with van der Waals surface area (Å²) in [4.78, 5) is 22.8. The van der Waals surface area contributed by atoms with Crippen molar-refractivity contribution in [1.82, 2.24) is 20.5 Å². The molecule has 2 aromatic carbocycles. The van der Waals surface area contributed by atoms with E-state index in [1.165, 1.54) is 11.1 Å². The van der Waals surface area contributed by atoms with Crippen molar-refractivity contribution in [2.24, 2.45) is 4.99 Å². The molecule has 1 aromatic heterocycles. The van der Waals surface area contributed by atoms with Gasteiger partial charge in [-0.1, -0.05) is 66.7 Å². The van der Waals surface area contributed by atoms with Crippen LogP contribution >= 0.6 is 0 Å². The second-order valence-corrected chi connectivity index (χ2v) is 7.57. The average Bonchev–Trinajstić information content (AvgIpc) is 2.86. The molecule has 0 spiro atoms. The zero-order valence-electron chi connectivity index (χ0n) is 18.7. The summed E-state index contributed by atoms with van der Waals surface area (Å²) in [6.45, 7) is 1.46. The maximum atomic E-state index is 12.5. The molecule has 0 saturated carbocycles. The van der Waals surface area contributed by atoms with Gasteiger partial charge < -0.3 is 15.5 Å². The quantitative estimate of drug-likeness (QED) is 0.405. The molecule has 6 nitrogen and oxygen atoms in total. The number of hydrogen-bond acceptors (Lipinski definition) is 3. The van der Waals surface area contributed by atoms with Crippen molar-refractivity contribution in [3.8, 4) is 0 Å². The van der Waals surface area contributed by atoms with Crippen LogP contribution in [0.3, 0.4) is 0 Å². The van der Waals surface area contributed by atoms with Gasteiger partial charge in [0.1, 0.15) is 0 Å². The predicted molar refractivity (Wildman–Crippen MR) is 130 cm³/mol. The zero-order valence-corrected chi connectivity index (χ0v) is 18.7. The first-order valence-corrected chi connectivity index (χ1v) is 10.9. The predicted octanol–water partition coefficient (Wildman–Crippen LogP) is 3.08. The smallest absolute Gasteiger partial charge is 0.241 e. The van der Waals surface area contributed by atoms with Crippen LogP contribution in [0.4, 0.5) is 0 Å². The van der Waals surface area contributed by atoms with Gasteiger partial charge in [0.2, 0.25) is 5.91 Å². The molecule has 3 aromatic rings. The third kappa shape index (κ3) is 6.94. The molecule has 0 aliphatic heterocycles. The van der Waals surface area contributed by atoms with Crippen molar-refractivity contribution < 1.29 is 4.79 Å². The summed E-state index contributed by atoms with van der Waals surface area (Å²) in [7, 11) is 3.52. The van der Waals surface area contributed by atoms with Crippen LogP contribution in [0.15, 0.2) is 90.1 Å². The Bertz CT molecular complexity index is 937. The molecular weight excluding hydrogens is 398 g/mol. The molecule has 6 heteroatoms. The number of guanidine groups is 1. The van der Waals surface area contributed by atoms with Gasteiger partial charge in [-0.2, -0.15) is 0 Å². The van der Waals surface area contributed by atoms with Gasteiger partial charge in [0, 0.05) is 51.4 Å². The van der Waals surface area contributed by atoms with E-state index >= 15 is 0 Å². The molecule has 0 saturated heterocycles. The number of carbonyl (C=O) groups is 1. The minimum atomic E-state index is 0.00606. The minimum Gasteiger partial charge on any atom is -0.355 e. The Balaban J connectivity index is 1.52. The van der Waals surface area contributed by atoms with E-state index in [0.717, 1.165) is 12.1 Å². The van der Waals surface area contributed by atoms with Crippen LogP contribution in [0.25, 0.3) is 0 Å². The van der Waals surface area contributed by atoms with Crippen LogP contribution in [0.2, 0.25) is 0 Å². The number of likely N-dealkylation sites (N-methyl/N-ethyl adjacent to an activating group) is 1. The molecule has 0 bridgehead atoms. The van der Waals surface area contributed by atoms with Gasteiger partial charge in [-0.25, -0.2) is 0 Å². The molecular formula is C26H31N5O. The summed E-state index contributed by atoms with van der Waals surface area (Å²) in [6, 6.07) is 26.6. The fraction of sp³-hybridized carbons (Fsp3) is 0.269. The summed E-state index contributed by atoms with van der Waals surface area (Å²) in [5.41, 5.74) is 3.43. The lowest BCUT2D eigenvalue weighted by molar-refractivity contribution is -0.128. The number of pyridine rings is 1. The third-order valence-electron chi connectivity index (χ3n) is 5.36. The van der Waals surface area contributed by atoms with E-state index in [1.807, 2.05) is 37.4 Å². The van der Waals surface area contributed by atoms with E-state index in [0.29, 0.717) is 19.0 Å². The van der Waals surface area contributed by atoms with Crippen LogP contribution in [0.5, 0.6) is 0 Å². The first-order valence-electron chi connectivity index (χ1n) is 10.9. The average molecular weight is 430 g/mol. The lowest BCUT2D eigenvalue weighted by Gasteiger charge is -2.21. The van der Waals surface area contributed by atoms with Crippen molar-refractivity contribution in [2.75, 3.05) is 33.7 Å². The second kappa shape index (κ2) is 12.2. The number of aromatic nitrogens is 1. The number of amides is 1. The van der Waals surface area contributed by atoms with Crippen LogP contribution < -0.4 is 10.6 Å². The van der Waals surface area contributed by atoms with E-state index in [1.54, 1.807) is 18.1 Å². The lowest BCUT2D eigenvalue weighted by atomic mass is 9.91. The highest BCUT2D eigenvalue weighted by Gasteiger charge is 2.15. The molecule has 0 aliphatic rings. The number of benzene rings is 2. The Hall–Kier alpha value is -3.67. The Morgan fingerprint density at radius 3 is 2.12 bits per heavy atom. The Morgan fingerprint density at radius 2 is 1.56 bits per heavy atom. The van der Waals surface area contributed by atoms with E-state index in [2.05, 4.69) is 69.1 Å². The van der Waals surface area contributed by atoms with Gasteiger partial charge in [-0.15, -0.1) is 0 Å². The Kier molecular flexibility index (Phi) is 8.80. The molecule has 1 amide bonds. The fourth-order valence-corrected chi connectivity index (χ4v) is 3.47. The number of hydrogen-bond donors (Lipinski definition) is 2. The molecule has 32 heavy (non-hydrogen) atoms. The molecule has 0 fully saturated rings. The summed E-state index contributed by atoms with van der Waals surface area (Å²) in [6.07, 6.45) is 2.50. The maximum Gasteiger partial charge on any atom is 0.241 e. The Morgan fingerprint density at radius 1 is 0.938 bits per heavy atom. The Labute approximate surface area is 190 Å². The minimum absolute atomic E-state index is 0.00606. The molecule has 166 valence electrons. The maximum absolute atomic E-state index is 12.5. The van der Waals surface area contributed by atoms with Crippen molar-refractivity contribution in [2.45, 2.75) is 12.3 Å². The van der Waals surface area contributed by atoms with Gasteiger partial charge >= 0.3 is 0 Å². The largest absolute Gasteiger partial charge is 0.355 e. The van der Waals surface area contributed by atoms with Gasteiger partial charge in [0.15, 0.2) is 5.96 Å². The highest BCUT2D eigenvalue weighted by atomic mass is 16.2. The molecule has 1 heterocycles. The first kappa shape index (κ1) is 23.0. The second-order valence-electron chi connectivity index (χ2n) is 7.57. The van der Waals surface area contributed by atoms with Crippen molar-refractivity contribution in [3.63, 3.8) is 0 Å². The van der Waals surface area contributed by atoms with Crippen LogP contribution in [-0.2, 0) is 11.2 Å². The molecule has 0 unspecified atom stereocenters. The molecule has 0 atom stereocenters. The van der Waals surface area contributed by atoms with Crippen molar-refractivity contribution in [3.05, 3.63) is 102 Å². The molecule has 0 radical (unpaired) electrons. The highest BCUT2D eigenvalue weighted by Crippen LogP contribution is 2.23. The number of carbonyl (C=O) groups excluding carboxylic acids is 1. The van der Waals surface area contributed by atoms with E-state index < -0.39 is 0 Å². The normalized spacial score (nSPS) is 11.3. The number of nitrogens with one attached hydrogen (secondary N) is 2. The van der Waals surface area contributed by atoms with Crippen LogP contribution in [-0.4, -0.2) is 55.5 Å². The topological polar surface area (TPSA) is 69.6 Å². The fourth-order valence-electron chi connectivity index (χ4n) is 3.47. The van der Waals surface area contributed by atoms with Crippen molar-refractivity contribution in [1.29, 1.82) is 0 Å². The zero-order chi connectivity index (χ0) is 22.6. The SMILES string of the molecule is CN=C(NCC(=O)N(C)CCc1ccccn1)NCC(c1ccccc1)c1ccccc1. The summed E-state index contributed by atoms with van der Waals surface area (Å²) in [5.74, 6) is 0.785. The highest BCUT2D eigenvalue weighted by molar-refractivity contribution is 5.86. The van der Waals surface area contributed by atoms with E-state index in [9.17, 15) is 4.79 Å². The molecule has 3 rings (SSSR count). The monoisotopic (exact) mass is 429 g/mol. The number of rotatable bonds is 9. The van der Waals surface area contributed by atoms with Gasteiger partial charge in [-0.05, 0) is 23.3 Å². The van der Waals surface area contributed by atoms with Crippen LogP contribution in [0, 0.1) is 0 Å². The molecule has 0 aliphatic carbocycles. The van der Waals surface area contributed by atoms with Gasteiger partial charge in [0.25, 0.3) is 0 Å². The lowest BCUT2D eigenvalue weighted by Crippen LogP contribution is -2.45. The first-order chi connectivity index (χ1) is 15.7. The van der Waals surface area contributed by atoms with E-state index in [-0.39, 0.29) is 18.4 Å². The van der Waals surface area contributed by atoms with Crippen LogP contribution in [0.1, 0.15) is 22.7 Å². The third-order valence-corrected chi connectivity index (χ3v) is 5.36. The summed E-state index contributed by atoms with van der Waals surface area (Å²) < 4.78 is 0. The standard InChI is InChI=1S/C26H31N5O/c1-27-26(30-20-25(32)31(2)18-16-23-15-9-10-17-28-23)29-19-24(21-11-5-3-6-12-21)22-13-7-4-8-14-22/h3-15,17,24H,16,18-20H2,1-2H3,(H2,27,29,30). The number of nitrogens with zero attached hydrogens (tertiary/aromatic N) is 3. The van der Waals surface area contributed by atoms with Gasteiger partial charge in [0.05, 0.1) is 6.54 Å². The summed E-state index contributed by atoms with van der Waals surface area (Å²) >= 11 is 0. The van der Waals surface area contributed by atoms with Gasteiger partial charge in [-0.3, -0.25) is 14.8 Å². The molecule has 2 N–H and O–H groups in total. The number of aliphatic imine (C=N–C) groups is 1. The van der Waals surface area contributed by atoms with Crippen molar-refractivity contribution >= 4 is 11.9 Å². The summed E-state index contributed by atoms with van der Waals surface area (Å²) in [5, 5.41) is 6.52. The van der Waals surface area contributed by atoms with E-state index in [4.69, 9.17) is 0 Å².